The Morgan fingerprint density at radius 1 is 1.23 bits per heavy atom. The highest BCUT2D eigenvalue weighted by Gasteiger charge is 2.09. The summed E-state index contributed by atoms with van der Waals surface area (Å²) in [6.07, 6.45) is 4.40. The van der Waals surface area contributed by atoms with Gasteiger partial charge in [-0.05, 0) is 13.8 Å². The van der Waals surface area contributed by atoms with Gasteiger partial charge >= 0.3 is 0 Å². The minimum Gasteiger partial charge on any atom is -0.347 e. The second kappa shape index (κ2) is 6.33. The zero-order chi connectivity index (χ0) is 16.3. The summed E-state index contributed by atoms with van der Waals surface area (Å²) in [4.78, 5) is 38.0. The second-order valence-corrected chi connectivity index (χ2v) is 5.10. The van der Waals surface area contributed by atoms with Crippen molar-refractivity contribution in [3.63, 3.8) is 0 Å². The molecule has 0 fully saturated rings. The molecular formula is C14H18N6O2. The lowest BCUT2D eigenvalue weighted by atomic mass is 10.3. The standard InChI is InChI=1S/C14H18N6O2/c1-9-10(2)17-8-20(13(9)22)7-12(21)18-11-5-15-14(16-6-11)19(3)4/h5-6,8H,7H2,1-4H3,(H,18,21). The van der Waals surface area contributed by atoms with Crippen molar-refractivity contribution in [2.45, 2.75) is 20.4 Å². The third-order valence-corrected chi connectivity index (χ3v) is 3.15. The van der Waals surface area contributed by atoms with Crippen LogP contribution in [0.3, 0.4) is 0 Å². The van der Waals surface area contributed by atoms with E-state index in [0.717, 1.165) is 0 Å². The Morgan fingerprint density at radius 3 is 2.45 bits per heavy atom. The Hall–Kier alpha value is -2.77. The van der Waals surface area contributed by atoms with Crippen LogP contribution < -0.4 is 15.8 Å². The molecule has 8 heteroatoms. The Morgan fingerprint density at radius 2 is 1.86 bits per heavy atom. The van der Waals surface area contributed by atoms with Crippen LogP contribution in [0.25, 0.3) is 0 Å². The Bertz CT molecular complexity index is 736. The predicted octanol–water partition coefficient (Wildman–Crippen LogP) is 0.355. The van der Waals surface area contributed by atoms with Gasteiger partial charge in [0.15, 0.2) is 0 Å². The van der Waals surface area contributed by atoms with Crippen molar-refractivity contribution in [1.82, 2.24) is 19.5 Å². The largest absolute Gasteiger partial charge is 0.347 e. The molecule has 2 aromatic heterocycles. The van der Waals surface area contributed by atoms with Crippen molar-refractivity contribution in [1.29, 1.82) is 0 Å². The molecular weight excluding hydrogens is 284 g/mol. The van der Waals surface area contributed by atoms with Gasteiger partial charge in [-0.25, -0.2) is 15.0 Å². The molecule has 0 aromatic carbocycles. The van der Waals surface area contributed by atoms with Crippen molar-refractivity contribution < 1.29 is 4.79 Å². The van der Waals surface area contributed by atoms with E-state index in [4.69, 9.17) is 0 Å². The minimum atomic E-state index is -0.339. The summed E-state index contributed by atoms with van der Waals surface area (Å²) in [5, 5.41) is 2.65. The molecule has 2 aromatic rings. The summed E-state index contributed by atoms with van der Waals surface area (Å²) in [5.74, 6) is 0.209. The van der Waals surface area contributed by atoms with Crippen LogP contribution in [0.2, 0.25) is 0 Å². The van der Waals surface area contributed by atoms with Gasteiger partial charge in [0.1, 0.15) is 6.54 Å². The van der Waals surface area contributed by atoms with E-state index in [1.54, 1.807) is 18.7 Å². The Labute approximate surface area is 127 Å². The minimum absolute atomic E-state index is 0.109. The zero-order valence-corrected chi connectivity index (χ0v) is 13.0. The molecule has 0 saturated heterocycles. The fraction of sp³-hybridized carbons (Fsp3) is 0.357. The van der Waals surface area contributed by atoms with Gasteiger partial charge in [0.2, 0.25) is 11.9 Å². The summed E-state index contributed by atoms with van der Waals surface area (Å²) >= 11 is 0. The number of nitrogens with one attached hydrogen (secondary N) is 1. The summed E-state index contributed by atoms with van der Waals surface area (Å²) < 4.78 is 1.27. The molecule has 0 bridgehead atoms. The molecule has 1 N–H and O–H groups in total. The normalized spacial score (nSPS) is 10.4. The van der Waals surface area contributed by atoms with Gasteiger partial charge in [0.05, 0.1) is 24.4 Å². The van der Waals surface area contributed by atoms with Gasteiger partial charge in [-0.1, -0.05) is 0 Å². The molecule has 8 nitrogen and oxygen atoms in total. The third-order valence-electron chi connectivity index (χ3n) is 3.15. The number of aromatic nitrogens is 4. The van der Waals surface area contributed by atoms with E-state index in [2.05, 4.69) is 20.3 Å². The predicted molar refractivity (Wildman–Crippen MR) is 83.0 cm³/mol. The van der Waals surface area contributed by atoms with Gasteiger partial charge in [0.25, 0.3) is 5.56 Å². The molecule has 0 aliphatic heterocycles. The summed E-state index contributed by atoms with van der Waals surface area (Å²) in [7, 11) is 3.65. The van der Waals surface area contributed by atoms with Gasteiger partial charge in [-0.2, -0.15) is 0 Å². The van der Waals surface area contributed by atoms with E-state index in [0.29, 0.717) is 22.9 Å². The van der Waals surface area contributed by atoms with E-state index < -0.39 is 0 Å². The van der Waals surface area contributed by atoms with Crippen LogP contribution in [0.1, 0.15) is 11.3 Å². The average Bonchev–Trinajstić information content (AvgIpc) is 2.48. The fourth-order valence-electron chi connectivity index (χ4n) is 1.76. The first-order valence-corrected chi connectivity index (χ1v) is 6.70. The van der Waals surface area contributed by atoms with Crippen LogP contribution in [0.15, 0.2) is 23.5 Å². The lowest BCUT2D eigenvalue weighted by molar-refractivity contribution is -0.116. The van der Waals surface area contributed by atoms with Crippen LogP contribution in [0, 0.1) is 13.8 Å². The molecule has 2 heterocycles. The molecule has 0 unspecified atom stereocenters. The lowest BCUT2D eigenvalue weighted by Crippen LogP contribution is -2.29. The Kier molecular flexibility index (Phi) is 4.50. The monoisotopic (exact) mass is 302 g/mol. The third kappa shape index (κ3) is 3.46. The molecule has 1 amide bonds. The van der Waals surface area contributed by atoms with Crippen LogP contribution in [0.4, 0.5) is 11.6 Å². The van der Waals surface area contributed by atoms with E-state index in [9.17, 15) is 9.59 Å². The zero-order valence-electron chi connectivity index (χ0n) is 13.0. The first kappa shape index (κ1) is 15.6. The molecule has 2 rings (SSSR count). The number of hydrogen-bond acceptors (Lipinski definition) is 6. The summed E-state index contributed by atoms with van der Waals surface area (Å²) in [5.41, 5.74) is 1.45. The van der Waals surface area contributed by atoms with Gasteiger partial charge in [-0.3, -0.25) is 14.2 Å². The molecule has 0 aliphatic rings. The molecule has 116 valence electrons. The van der Waals surface area contributed by atoms with Crippen LogP contribution >= 0.6 is 0 Å². The second-order valence-electron chi connectivity index (χ2n) is 5.10. The lowest BCUT2D eigenvalue weighted by Gasteiger charge is -2.11. The topological polar surface area (TPSA) is 93.0 Å². The highest BCUT2D eigenvalue weighted by molar-refractivity contribution is 5.90. The van der Waals surface area contributed by atoms with Crippen molar-refractivity contribution >= 4 is 17.5 Å². The molecule has 0 spiro atoms. The highest BCUT2D eigenvalue weighted by Crippen LogP contribution is 2.07. The van der Waals surface area contributed by atoms with Crippen molar-refractivity contribution in [2.24, 2.45) is 0 Å². The van der Waals surface area contributed by atoms with Gasteiger partial charge < -0.3 is 10.2 Å². The number of carbonyl (C=O) groups excluding carboxylic acids is 1. The molecule has 0 atom stereocenters. The fourth-order valence-corrected chi connectivity index (χ4v) is 1.76. The van der Waals surface area contributed by atoms with Crippen molar-refractivity contribution in [3.8, 4) is 0 Å². The first-order chi connectivity index (χ1) is 10.4. The van der Waals surface area contributed by atoms with Gasteiger partial charge in [0, 0.05) is 25.4 Å². The number of anilines is 2. The summed E-state index contributed by atoms with van der Waals surface area (Å²) in [6, 6.07) is 0. The first-order valence-electron chi connectivity index (χ1n) is 6.70. The smallest absolute Gasteiger partial charge is 0.256 e. The molecule has 22 heavy (non-hydrogen) atoms. The van der Waals surface area contributed by atoms with E-state index >= 15 is 0 Å². The van der Waals surface area contributed by atoms with Crippen LogP contribution in [0.5, 0.6) is 0 Å². The van der Waals surface area contributed by atoms with E-state index in [-0.39, 0.29) is 18.0 Å². The van der Waals surface area contributed by atoms with E-state index in [1.165, 1.54) is 23.3 Å². The van der Waals surface area contributed by atoms with Crippen molar-refractivity contribution in [3.05, 3.63) is 40.3 Å². The maximum absolute atomic E-state index is 12.0. The average molecular weight is 302 g/mol. The molecule has 0 saturated carbocycles. The van der Waals surface area contributed by atoms with E-state index in [1.807, 2.05) is 14.1 Å². The number of rotatable bonds is 4. The molecule has 0 aliphatic carbocycles. The summed E-state index contributed by atoms with van der Waals surface area (Å²) in [6.45, 7) is 3.33. The number of nitrogens with zero attached hydrogens (tertiary/aromatic N) is 5. The maximum atomic E-state index is 12.0. The van der Waals surface area contributed by atoms with Gasteiger partial charge in [-0.15, -0.1) is 0 Å². The van der Waals surface area contributed by atoms with Crippen LogP contribution in [-0.4, -0.2) is 39.5 Å². The number of hydrogen-bond donors (Lipinski definition) is 1. The number of carbonyl (C=O) groups is 1. The number of amides is 1. The Balaban J connectivity index is 2.07. The highest BCUT2D eigenvalue weighted by atomic mass is 16.2. The van der Waals surface area contributed by atoms with Crippen molar-refractivity contribution in [2.75, 3.05) is 24.3 Å². The number of aryl methyl sites for hydroxylation is 1. The quantitative estimate of drug-likeness (QED) is 0.876. The molecule has 0 radical (unpaired) electrons. The van der Waals surface area contributed by atoms with Crippen LogP contribution in [-0.2, 0) is 11.3 Å². The SMILES string of the molecule is Cc1ncn(CC(=O)Nc2cnc(N(C)C)nc2)c(=O)c1C. The maximum Gasteiger partial charge on any atom is 0.256 e.